The summed E-state index contributed by atoms with van der Waals surface area (Å²) in [7, 11) is 1.34. The summed E-state index contributed by atoms with van der Waals surface area (Å²) in [6.07, 6.45) is 0. The lowest BCUT2D eigenvalue weighted by atomic mass is 10.1. The normalized spacial score (nSPS) is 10.3. The third-order valence-corrected chi connectivity index (χ3v) is 3.34. The zero-order valence-corrected chi connectivity index (χ0v) is 14.2. The fourth-order valence-electron chi connectivity index (χ4n) is 2.25. The molecule has 0 aliphatic carbocycles. The van der Waals surface area contributed by atoms with Crippen LogP contribution in [0.25, 0.3) is 0 Å². The number of alkyl halides is 2. The molecule has 0 saturated carbocycles. The third-order valence-electron chi connectivity index (χ3n) is 3.34. The van der Waals surface area contributed by atoms with Crippen molar-refractivity contribution in [1.29, 1.82) is 0 Å². The fraction of sp³-hybridized carbons (Fsp3) is 0.222. The SMILES string of the molecule is COc1ccc(CNC(=O)c2cccc(NC(C)=O)c2)cc1OC(F)F. The first-order valence-electron chi connectivity index (χ1n) is 7.66. The molecule has 8 heteroatoms. The Morgan fingerprint density at radius 3 is 2.54 bits per heavy atom. The standard InChI is InChI=1S/C18H18F2N2O4/c1-11(23)22-14-5-3-4-13(9-14)17(24)21-10-12-6-7-15(25-2)16(8-12)26-18(19)20/h3-9,18H,10H2,1-2H3,(H,21,24)(H,22,23). The second-order valence-electron chi connectivity index (χ2n) is 5.31. The molecule has 2 aromatic carbocycles. The van der Waals surface area contributed by atoms with Gasteiger partial charge in [-0.2, -0.15) is 8.78 Å². The summed E-state index contributed by atoms with van der Waals surface area (Å²) >= 11 is 0. The van der Waals surface area contributed by atoms with Crippen LogP contribution in [0.2, 0.25) is 0 Å². The molecular formula is C18H18F2N2O4. The van der Waals surface area contributed by atoms with Gasteiger partial charge in [-0.3, -0.25) is 9.59 Å². The maximum atomic E-state index is 12.5. The third kappa shape index (κ3) is 5.44. The van der Waals surface area contributed by atoms with E-state index in [1.807, 2.05) is 0 Å². The van der Waals surface area contributed by atoms with Crippen molar-refractivity contribution in [2.45, 2.75) is 20.1 Å². The van der Waals surface area contributed by atoms with Crippen LogP contribution in [0.3, 0.4) is 0 Å². The summed E-state index contributed by atoms with van der Waals surface area (Å²) in [5.74, 6) is -0.554. The predicted octanol–water partition coefficient (Wildman–Crippen LogP) is 3.19. The molecule has 0 saturated heterocycles. The first-order valence-corrected chi connectivity index (χ1v) is 7.66. The highest BCUT2D eigenvalue weighted by molar-refractivity contribution is 5.96. The largest absolute Gasteiger partial charge is 0.493 e. The van der Waals surface area contributed by atoms with E-state index < -0.39 is 6.61 Å². The molecule has 0 aromatic heterocycles. The van der Waals surface area contributed by atoms with Crippen molar-refractivity contribution in [2.75, 3.05) is 12.4 Å². The number of nitrogens with one attached hydrogen (secondary N) is 2. The zero-order valence-electron chi connectivity index (χ0n) is 14.2. The number of hydrogen-bond acceptors (Lipinski definition) is 4. The first-order chi connectivity index (χ1) is 12.4. The molecule has 0 aliphatic heterocycles. The van der Waals surface area contributed by atoms with Crippen LogP contribution in [0, 0.1) is 0 Å². The summed E-state index contributed by atoms with van der Waals surface area (Å²) in [4.78, 5) is 23.3. The van der Waals surface area contributed by atoms with Gasteiger partial charge in [0.15, 0.2) is 11.5 Å². The van der Waals surface area contributed by atoms with E-state index in [1.54, 1.807) is 24.3 Å². The van der Waals surface area contributed by atoms with Crippen LogP contribution in [0.15, 0.2) is 42.5 Å². The maximum Gasteiger partial charge on any atom is 0.387 e. The van der Waals surface area contributed by atoms with E-state index in [0.29, 0.717) is 16.8 Å². The number of anilines is 1. The fourth-order valence-corrected chi connectivity index (χ4v) is 2.25. The van der Waals surface area contributed by atoms with Crippen LogP contribution < -0.4 is 20.1 Å². The molecule has 138 valence electrons. The highest BCUT2D eigenvalue weighted by Crippen LogP contribution is 2.29. The van der Waals surface area contributed by atoms with E-state index in [2.05, 4.69) is 15.4 Å². The Morgan fingerprint density at radius 2 is 1.88 bits per heavy atom. The summed E-state index contributed by atoms with van der Waals surface area (Å²) in [5, 5.41) is 5.27. The molecule has 0 unspecified atom stereocenters. The molecular weight excluding hydrogens is 346 g/mol. The minimum absolute atomic E-state index is 0.104. The van der Waals surface area contributed by atoms with Gasteiger partial charge in [-0.15, -0.1) is 0 Å². The van der Waals surface area contributed by atoms with Crippen molar-refractivity contribution in [1.82, 2.24) is 5.32 Å². The molecule has 0 aliphatic rings. The Hall–Kier alpha value is -3.16. The number of methoxy groups -OCH3 is 1. The Kier molecular flexibility index (Phi) is 6.48. The van der Waals surface area contributed by atoms with Crippen molar-refractivity contribution < 1.29 is 27.8 Å². The Morgan fingerprint density at radius 1 is 1.12 bits per heavy atom. The van der Waals surface area contributed by atoms with Crippen LogP contribution in [0.5, 0.6) is 11.5 Å². The average molecular weight is 364 g/mol. The Labute approximate surface area is 149 Å². The molecule has 2 rings (SSSR count). The number of carbonyl (C=O) groups excluding carboxylic acids is 2. The lowest BCUT2D eigenvalue weighted by Gasteiger charge is -2.12. The smallest absolute Gasteiger partial charge is 0.387 e. The van der Waals surface area contributed by atoms with Gasteiger partial charge in [-0.05, 0) is 35.9 Å². The summed E-state index contributed by atoms with van der Waals surface area (Å²) in [6, 6.07) is 10.9. The minimum Gasteiger partial charge on any atom is -0.493 e. The molecule has 2 N–H and O–H groups in total. The number of amides is 2. The van der Waals surface area contributed by atoms with Crippen LogP contribution in [-0.2, 0) is 11.3 Å². The monoisotopic (exact) mass is 364 g/mol. The topological polar surface area (TPSA) is 76.7 Å². The second kappa shape index (κ2) is 8.80. The van der Waals surface area contributed by atoms with Gasteiger partial charge in [-0.1, -0.05) is 12.1 Å². The summed E-state index contributed by atoms with van der Waals surface area (Å²) < 4.78 is 34.3. The number of ether oxygens (including phenoxy) is 2. The predicted molar refractivity (Wildman–Crippen MR) is 91.5 cm³/mol. The van der Waals surface area contributed by atoms with Crippen LogP contribution >= 0.6 is 0 Å². The molecule has 0 atom stereocenters. The van der Waals surface area contributed by atoms with E-state index in [9.17, 15) is 18.4 Å². The van der Waals surface area contributed by atoms with E-state index >= 15 is 0 Å². The molecule has 0 spiro atoms. The van der Waals surface area contributed by atoms with Crippen molar-refractivity contribution >= 4 is 17.5 Å². The van der Waals surface area contributed by atoms with Crippen molar-refractivity contribution in [3.8, 4) is 11.5 Å². The molecule has 2 amide bonds. The van der Waals surface area contributed by atoms with Crippen LogP contribution in [0.1, 0.15) is 22.8 Å². The maximum absolute atomic E-state index is 12.5. The number of carbonyl (C=O) groups is 2. The first kappa shape index (κ1) is 19.2. The highest BCUT2D eigenvalue weighted by Gasteiger charge is 2.12. The minimum atomic E-state index is -2.98. The van der Waals surface area contributed by atoms with Crippen LogP contribution in [0.4, 0.5) is 14.5 Å². The van der Waals surface area contributed by atoms with Gasteiger partial charge in [0.2, 0.25) is 5.91 Å². The van der Waals surface area contributed by atoms with Crippen molar-refractivity contribution in [3.05, 3.63) is 53.6 Å². The average Bonchev–Trinajstić information content (AvgIpc) is 2.59. The number of halogens is 2. The molecule has 2 aromatic rings. The second-order valence-corrected chi connectivity index (χ2v) is 5.31. The van der Waals surface area contributed by atoms with Crippen molar-refractivity contribution in [2.24, 2.45) is 0 Å². The molecule has 26 heavy (non-hydrogen) atoms. The molecule has 0 bridgehead atoms. The molecule has 6 nitrogen and oxygen atoms in total. The molecule has 0 heterocycles. The number of rotatable bonds is 7. The lowest BCUT2D eigenvalue weighted by molar-refractivity contribution is -0.114. The summed E-state index contributed by atoms with van der Waals surface area (Å²) in [5.41, 5.74) is 1.42. The van der Waals surface area contributed by atoms with E-state index in [4.69, 9.17) is 4.74 Å². The van der Waals surface area contributed by atoms with Gasteiger partial charge in [0.05, 0.1) is 7.11 Å². The van der Waals surface area contributed by atoms with Gasteiger partial charge in [-0.25, -0.2) is 0 Å². The van der Waals surface area contributed by atoms with E-state index in [1.165, 1.54) is 32.2 Å². The van der Waals surface area contributed by atoms with Crippen molar-refractivity contribution in [3.63, 3.8) is 0 Å². The molecule has 0 fully saturated rings. The molecule has 0 radical (unpaired) electrons. The summed E-state index contributed by atoms with van der Waals surface area (Å²) in [6.45, 7) is -1.51. The Balaban J connectivity index is 2.06. The lowest BCUT2D eigenvalue weighted by Crippen LogP contribution is -2.23. The quantitative estimate of drug-likeness (QED) is 0.791. The van der Waals surface area contributed by atoms with Gasteiger partial charge < -0.3 is 20.1 Å². The highest BCUT2D eigenvalue weighted by atomic mass is 19.3. The Bertz CT molecular complexity index is 797. The van der Waals surface area contributed by atoms with Gasteiger partial charge in [0.1, 0.15) is 0 Å². The van der Waals surface area contributed by atoms with E-state index in [0.717, 1.165) is 0 Å². The van der Waals surface area contributed by atoms with Gasteiger partial charge in [0, 0.05) is 24.7 Å². The zero-order chi connectivity index (χ0) is 19.1. The number of hydrogen-bond donors (Lipinski definition) is 2. The number of benzene rings is 2. The van der Waals surface area contributed by atoms with E-state index in [-0.39, 0.29) is 29.9 Å². The van der Waals surface area contributed by atoms with Gasteiger partial charge >= 0.3 is 6.61 Å². The van der Waals surface area contributed by atoms with Gasteiger partial charge in [0.25, 0.3) is 5.91 Å². The van der Waals surface area contributed by atoms with Crippen LogP contribution in [-0.4, -0.2) is 25.5 Å².